The molecule has 1 aliphatic rings. The highest BCUT2D eigenvalue weighted by atomic mass is 16.8. The summed E-state index contributed by atoms with van der Waals surface area (Å²) in [5.74, 6) is 1.55. The average molecular weight is 314 g/mol. The van der Waals surface area contributed by atoms with E-state index in [4.69, 9.17) is 18.9 Å². The SMILES string of the molecule is CCC1(c2ccc3cc(OC)ccc3c2)OC(=C=O)[C@H](OC)O1. The monoisotopic (exact) mass is 314 g/mol. The van der Waals surface area contributed by atoms with Crippen molar-refractivity contribution in [1.82, 2.24) is 0 Å². The van der Waals surface area contributed by atoms with E-state index in [1.165, 1.54) is 7.11 Å². The summed E-state index contributed by atoms with van der Waals surface area (Å²) in [6, 6.07) is 11.7. The second kappa shape index (κ2) is 6.05. The maximum atomic E-state index is 11.0. The van der Waals surface area contributed by atoms with Crippen LogP contribution >= 0.6 is 0 Å². The minimum atomic E-state index is -1.04. The van der Waals surface area contributed by atoms with Gasteiger partial charge in [0.2, 0.25) is 17.8 Å². The lowest BCUT2D eigenvalue weighted by Crippen LogP contribution is -2.27. The zero-order valence-electron chi connectivity index (χ0n) is 13.3. The first kappa shape index (κ1) is 15.6. The van der Waals surface area contributed by atoms with E-state index in [9.17, 15) is 4.79 Å². The van der Waals surface area contributed by atoms with Crippen LogP contribution in [0.2, 0.25) is 0 Å². The van der Waals surface area contributed by atoms with Crippen molar-refractivity contribution in [1.29, 1.82) is 0 Å². The summed E-state index contributed by atoms with van der Waals surface area (Å²) in [5, 5.41) is 2.08. The third-order valence-electron chi connectivity index (χ3n) is 4.05. The van der Waals surface area contributed by atoms with Crippen molar-refractivity contribution in [3.05, 3.63) is 47.7 Å². The van der Waals surface area contributed by atoms with Crippen LogP contribution in [0.4, 0.5) is 0 Å². The van der Waals surface area contributed by atoms with Crippen molar-refractivity contribution in [3.63, 3.8) is 0 Å². The molecule has 0 bridgehead atoms. The highest BCUT2D eigenvalue weighted by Gasteiger charge is 2.47. The van der Waals surface area contributed by atoms with E-state index < -0.39 is 12.1 Å². The molecule has 5 nitrogen and oxygen atoms in total. The zero-order chi connectivity index (χ0) is 16.4. The predicted octanol–water partition coefficient (Wildman–Crippen LogP) is 3.15. The van der Waals surface area contributed by atoms with Gasteiger partial charge in [-0.3, -0.25) is 4.74 Å². The molecule has 0 aromatic heterocycles. The van der Waals surface area contributed by atoms with Gasteiger partial charge >= 0.3 is 0 Å². The Morgan fingerprint density at radius 2 is 1.91 bits per heavy atom. The first-order valence-electron chi connectivity index (χ1n) is 7.38. The Labute approximate surface area is 134 Å². The van der Waals surface area contributed by atoms with Crippen molar-refractivity contribution in [2.75, 3.05) is 14.2 Å². The van der Waals surface area contributed by atoms with Crippen molar-refractivity contribution in [3.8, 4) is 5.75 Å². The molecule has 23 heavy (non-hydrogen) atoms. The molecule has 0 aliphatic carbocycles. The maximum absolute atomic E-state index is 11.0. The van der Waals surface area contributed by atoms with Gasteiger partial charge in [-0.1, -0.05) is 25.1 Å². The van der Waals surface area contributed by atoms with Crippen molar-refractivity contribution in [2.24, 2.45) is 0 Å². The highest BCUT2D eigenvalue weighted by molar-refractivity contribution is 5.84. The summed E-state index contributed by atoms with van der Waals surface area (Å²) >= 11 is 0. The fraction of sp³-hybridized carbons (Fsp3) is 0.333. The Hall–Kier alpha value is -2.33. The topological polar surface area (TPSA) is 54.0 Å². The summed E-state index contributed by atoms with van der Waals surface area (Å²) in [5.41, 5.74) is 0.824. The molecule has 3 rings (SSSR count). The molecule has 1 aliphatic heterocycles. The number of fused-ring (bicyclic) bond motifs is 1. The smallest absolute Gasteiger partial charge is 0.240 e. The minimum absolute atomic E-state index is 0.0316. The van der Waals surface area contributed by atoms with Crippen LogP contribution in [-0.4, -0.2) is 26.5 Å². The van der Waals surface area contributed by atoms with Crippen LogP contribution in [0.3, 0.4) is 0 Å². The second-order valence-corrected chi connectivity index (χ2v) is 5.29. The molecule has 0 spiro atoms. The lowest BCUT2D eigenvalue weighted by atomic mass is 9.99. The zero-order valence-corrected chi connectivity index (χ0v) is 13.3. The minimum Gasteiger partial charge on any atom is -0.497 e. The van der Waals surface area contributed by atoms with Crippen molar-refractivity contribution in [2.45, 2.75) is 25.4 Å². The normalized spacial score (nSPS) is 23.6. The number of methoxy groups -OCH3 is 2. The van der Waals surface area contributed by atoms with E-state index in [0.29, 0.717) is 6.42 Å². The molecule has 2 aromatic carbocycles. The van der Waals surface area contributed by atoms with Crippen LogP contribution in [0, 0.1) is 0 Å². The predicted molar refractivity (Wildman–Crippen MR) is 84.6 cm³/mol. The Morgan fingerprint density at radius 1 is 1.17 bits per heavy atom. The number of ether oxygens (including phenoxy) is 4. The Morgan fingerprint density at radius 3 is 2.52 bits per heavy atom. The third-order valence-corrected chi connectivity index (χ3v) is 4.05. The van der Waals surface area contributed by atoms with Crippen molar-refractivity contribution >= 4 is 16.7 Å². The lowest BCUT2D eigenvalue weighted by molar-refractivity contribution is -0.213. The Balaban J connectivity index is 2.05. The lowest BCUT2D eigenvalue weighted by Gasteiger charge is -2.26. The summed E-state index contributed by atoms with van der Waals surface area (Å²) in [6.07, 6.45) is -0.307. The number of hydrogen-bond acceptors (Lipinski definition) is 5. The fourth-order valence-corrected chi connectivity index (χ4v) is 2.77. The molecule has 1 saturated heterocycles. The van der Waals surface area contributed by atoms with Gasteiger partial charge in [-0.2, -0.15) is 0 Å². The summed E-state index contributed by atoms with van der Waals surface area (Å²) in [7, 11) is 3.10. The largest absolute Gasteiger partial charge is 0.497 e. The molecule has 1 heterocycles. The summed E-state index contributed by atoms with van der Waals surface area (Å²) in [6.45, 7) is 1.93. The molecule has 0 amide bonds. The molecular formula is C18H18O5. The van der Waals surface area contributed by atoms with Crippen LogP contribution in [0.25, 0.3) is 10.8 Å². The number of carbonyl (C=O) groups excluding carboxylic acids is 1. The van der Waals surface area contributed by atoms with Gasteiger partial charge in [0.1, 0.15) is 5.75 Å². The van der Waals surface area contributed by atoms with Crippen LogP contribution in [0.5, 0.6) is 5.75 Å². The molecule has 2 atom stereocenters. The van der Waals surface area contributed by atoms with Gasteiger partial charge in [0.25, 0.3) is 0 Å². The van der Waals surface area contributed by atoms with E-state index >= 15 is 0 Å². The molecule has 0 N–H and O–H groups in total. The highest BCUT2D eigenvalue weighted by Crippen LogP contribution is 2.42. The van der Waals surface area contributed by atoms with Gasteiger partial charge in [-0.15, -0.1) is 0 Å². The Kier molecular flexibility index (Phi) is 4.09. The first-order chi connectivity index (χ1) is 11.2. The number of benzene rings is 2. The third kappa shape index (κ3) is 2.59. The Bertz CT molecular complexity index is 778. The second-order valence-electron chi connectivity index (χ2n) is 5.29. The number of rotatable bonds is 4. The van der Waals surface area contributed by atoms with Gasteiger partial charge in [0, 0.05) is 19.1 Å². The molecule has 1 unspecified atom stereocenters. The maximum Gasteiger partial charge on any atom is 0.240 e. The van der Waals surface area contributed by atoms with Crippen LogP contribution < -0.4 is 4.74 Å². The quantitative estimate of drug-likeness (QED) is 0.812. The van der Waals surface area contributed by atoms with Gasteiger partial charge in [-0.05, 0) is 29.0 Å². The fourth-order valence-electron chi connectivity index (χ4n) is 2.77. The molecule has 5 heteroatoms. The van der Waals surface area contributed by atoms with E-state index in [1.807, 2.05) is 43.3 Å². The average Bonchev–Trinajstić information content (AvgIpc) is 3.00. The van der Waals surface area contributed by atoms with Crippen LogP contribution in [0.1, 0.15) is 18.9 Å². The van der Waals surface area contributed by atoms with Gasteiger partial charge in [0.05, 0.1) is 7.11 Å². The molecule has 0 saturated carbocycles. The van der Waals surface area contributed by atoms with Crippen LogP contribution in [0.15, 0.2) is 42.2 Å². The van der Waals surface area contributed by atoms with Crippen LogP contribution in [-0.2, 0) is 24.8 Å². The molecular weight excluding hydrogens is 296 g/mol. The molecule has 120 valence electrons. The van der Waals surface area contributed by atoms with Gasteiger partial charge < -0.3 is 14.2 Å². The molecule has 2 aromatic rings. The van der Waals surface area contributed by atoms with E-state index in [0.717, 1.165) is 22.1 Å². The standard InChI is InChI=1S/C18H18O5/c1-4-18(22-16(11-19)17(21-3)23-18)14-7-5-13-10-15(20-2)8-6-12(13)9-14/h5-10,17H,4H2,1-3H3/t17-,18?/m1/s1. The van der Waals surface area contributed by atoms with E-state index in [1.54, 1.807) is 13.1 Å². The van der Waals surface area contributed by atoms with Gasteiger partial charge in [0.15, 0.2) is 5.94 Å². The summed E-state index contributed by atoms with van der Waals surface area (Å²) < 4.78 is 22.0. The van der Waals surface area contributed by atoms with E-state index in [2.05, 4.69) is 0 Å². The first-order valence-corrected chi connectivity index (χ1v) is 7.38. The van der Waals surface area contributed by atoms with Gasteiger partial charge in [-0.25, -0.2) is 4.79 Å². The summed E-state index contributed by atoms with van der Waals surface area (Å²) in [4.78, 5) is 11.0. The molecule has 0 radical (unpaired) electrons. The molecule has 1 fully saturated rings. The van der Waals surface area contributed by atoms with E-state index in [-0.39, 0.29) is 5.76 Å². The van der Waals surface area contributed by atoms with Crippen molar-refractivity contribution < 1.29 is 23.7 Å². The number of hydrogen-bond donors (Lipinski definition) is 0.